The van der Waals surface area contributed by atoms with Crippen molar-refractivity contribution in [2.75, 3.05) is 29.5 Å². The number of nitrogens with zero attached hydrogens (tertiary/aromatic N) is 1. The van der Waals surface area contributed by atoms with Gasteiger partial charge in [0.2, 0.25) is 10.0 Å². The van der Waals surface area contributed by atoms with Crippen molar-refractivity contribution in [2.24, 2.45) is 0 Å². The molecule has 2 aromatic rings. The molecule has 0 unspecified atom stereocenters. The first-order valence-corrected chi connectivity index (χ1v) is 9.72. The highest BCUT2D eigenvalue weighted by molar-refractivity contribution is 7.92. The summed E-state index contributed by atoms with van der Waals surface area (Å²) in [6.07, 6.45) is 1.07. The summed E-state index contributed by atoms with van der Waals surface area (Å²) in [7, 11) is -2.11. The lowest BCUT2D eigenvalue weighted by Gasteiger charge is -2.18. The molecule has 134 valence electrons. The Hall–Kier alpha value is -2.25. The van der Waals surface area contributed by atoms with Gasteiger partial charge in [-0.25, -0.2) is 8.42 Å². The van der Waals surface area contributed by atoms with Crippen LogP contribution < -0.4 is 14.4 Å². The van der Waals surface area contributed by atoms with Gasteiger partial charge in [-0.2, -0.15) is 0 Å². The van der Waals surface area contributed by atoms with Gasteiger partial charge in [-0.1, -0.05) is 11.6 Å². The van der Waals surface area contributed by atoms with Crippen molar-refractivity contribution in [1.29, 1.82) is 0 Å². The number of nitrogens with one attached hydrogen (secondary N) is 1. The quantitative estimate of drug-likeness (QED) is 0.830. The molecule has 0 fully saturated rings. The van der Waals surface area contributed by atoms with Gasteiger partial charge >= 0.3 is 0 Å². The third kappa shape index (κ3) is 4.87. The Morgan fingerprint density at radius 3 is 2.40 bits per heavy atom. The van der Waals surface area contributed by atoms with E-state index in [1.54, 1.807) is 24.3 Å². The van der Waals surface area contributed by atoms with Crippen molar-refractivity contribution in [3.05, 3.63) is 53.1 Å². The van der Waals surface area contributed by atoms with Crippen LogP contribution in [0.4, 0.5) is 11.4 Å². The van der Waals surface area contributed by atoms with Gasteiger partial charge in [0, 0.05) is 18.3 Å². The van der Waals surface area contributed by atoms with Gasteiger partial charge in [-0.3, -0.25) is 9.10 Å². The van der Waals surface area contributed by atoms with E-state index in [0.717, 1.165) is 10.6 Å². The van der Waals surface area contributed by atoms with Crippen LogP contribution in [0.1, 0.15) is 17.3 Å². The summed E-state index contributed by atoms with van der Waals surface area (Å²) in [6.45, 7) is 2.45. The van der Waals surface area contributed by atoms with Gasteiger partial charge in [0.1, 0.15) is 5.75 Å². The SMILES string of the molecule is CCOc1ccc(NC(=O)c2ccc(Cl)c(N(C)S(C)(=O)=O)c2)cc1. The molecule has 1 N–H and O–H groups in total. The number of carbonyl (C=O) groups is 1. The predicted molar refractivity (Wildman–Crippen MR) is 100 cm³/mol. The third-order valence-electron chi connectivity index (χ3n) is 3.47. The van der Waals surface area contributed by atoms with Crippen LogP contribution in [0.3, 0.4) is 0 Å². The number of sulfonamides is 1. The largest absolute Gasteiger partial charge is 0.494 e. The molecule has 0 heterocycles. The fraction of sp³-hybridized carbons (Fsp3) is 0.235. The number of amides is 1. The van der Waals surface area contributed by atoms with E-state index in [0.29, 0.717) is 23.6 Å². The molecule has 2 aromatic carbocycles. The van der Waals surface area contributed by atoms with Crippen molar-refractivity contribution >= 4 is 38.9 Å². The summed E-state index contributed by atoms with van der Waals surface area (Å²) in [5.41, 5.74) is 1.13. The standard InChI is InChI=1S/C17H19ClN2O4S/c1-4-24-14-8-6-13(7-9-14)19-17(21)12-5-10-15(18)16(11-12)20(2)25(3,22)23/h5-11H,4H2,1-3H3,(H,19,21). The molecule has 0 aromatic heterocycles. The molecule has 0 atom stereocenters. The Kier molecular flexibility index (Phi) is 5.92. The summed E-state index contributed by atoms with van der Waals surface area (Å²) in [5.74, 6) is 0.341. The van der Waals surface area contributed by atoms with Crippen molar-refractivity contribution < 1.29 is 17.9 Å². The summed E-state index contributed by atoms with van der Waals surface area (Å²) >= 11 is 6.06. The zero-order chi connectivity index (χ0) is 18.6. The van der Waals surface area contributed by atoms with E-state index in [1.807, 2.05) is 6.92 Å². The molecule has 0 spiro atoms. The second kappa shape index (κ2) is 7.76. The van der Waals surface area contributed by atoms with E-state index in [1.165, 1.54) is 25.2 Å². The first-order valence-electron chi connectivity index (χ1n) is 7.50. The Morgan fingerprint density at radius 2 is 1.84 bits per heavy atom. The molecular weight excluding hydrogens is 364 g/mol. The number of ether oxygens (including phenoxy) is 1. The Bertz CT molecular complexity index is 867. The molecule has 0 aliphatic carbocycles. The number of anilines is 2. The number of halogens is 1. The Balaban J connectivity index is 2.22. The third-order valence-corrected chi connectivity index (χ3v) is 4.98. The Morgan fingerprint density at radius 1 is 1.20 bits per heavy atom. The molecule has 1 amide bonds. The van der Waals surface area contributed by atoms with E-state index in [4.69, 9.17) is 16.3 Å². The van der Waals surface area contributed by atoms with Gasteiger partial charge in [0.15, 0.2) is 0 Å². The molecule has 0 bridgehead atoms. The normalized spacial score (nSPS) is 11.0. The Labute approximate surface area is 152 Å². The lowest BCUT2D eigenvalue weighted by molar-refractivity contribution is 0.102. The molecule has 0 aliphatic heterocycles. The monoisotopic (exact) mass is 382 g/mol. The van der Waals surface area contributed by atoms with Crippen LogP contribution in [-0.4, -0.2) is 34.2 Å². The minimum Gasteiger partial charge on any atom is -0.494 e. The lowest BCUT2D eigenvalue weighted by Crippen LogP contribution is -2.25. The fourth-order valence-corrected chi connectivity index (χ4v) is 2.88. The average molecular weight is 383 g/mol. The van der Waals surface area contributed by atoms with Crippen LogP contribution in [0.5, 0.6) is 5.75 Å². The number of hydrogen-bond donors (Lipinski definition) is 1. The first-order chi connectivity index (χ1) is 11.7. The molecule has 0 saturated carbocycles. The molecule has 0 saturated heterocycles. The topological polar surface area (TPSA) is 75.7 Å². The maximum Gasteiger partial charge on any atom is 0.255 e. The van der Waals surface area contributed by atoms with Gasteiger partial charge in [0.05, 0.1) is 23.6 Å². The smallest absolute Gasteiger partial charge is 0.255 e. The highest BCUT2D eigenvalue weighted by Gasteiger charge is 2.17. The predicted octanol–water partition coefficient (Wildman–Crippen LogP) is 3.39. The number of rotatable bonds is 6. The zero-order valence-electron chi connectivity index (χ0n) is 14.1. The summed E-state index contributed by atoms with van der Waals surface area (Å²) in [6, 6.07) is 11.4. The van der Waals surface area contributed by atoms with Gasteiger partial charge in [0.25, 0.3) is 5.91 Å². The van der Waals surface area contributed by atoms with Crippen LogP contribution in [-0.2, 0) is 10.0 Å². The van der Waals surface area contributed by atoms with Crippen molar-refractivity contribution in [3.8, 4) is 5.75 Å². The highest BCUT2D eigenvalue weighted by atomic mass is 35.5. The molecule has 8 heteroatoms. The molecule has 0 aliphatic rings. The number of carbonyl (C=O) groups excluding carboxylic acids is 1. The molecular formula is C17H19ClN2O4S. The van der Waals surface area contributed by atoms with E-state index >= 15 is 0 Å². The van der Waals surface area contributed by atoms with Crippen LogP contribution >= 0.6 is 11.6 Å². The fourth-order valence-electron chi connectivity index (χ4n) is 2.08. The average Bonchev–Trinajstić information content (AvgIpc) is 2.56. The van der Waals surface area contributed by atoms with Crippen LogP contribution in [0.2, 0.25) is 5.02 Å². The van der Waals surface area contributed by atoms with E-state index in [-0.39, 0.29) is 16.6 Å². The zero-order valence-corrected chi connectivity index (χ0v) is 15.7. The number of hydrogen-bond acceptors (Lipinski definition) is 4. The van der Waals surface area contributed by atoms with Gasteiger partial charge in [-0.15, -0.1) is 0 Å². The van der Waals surface area contributed by atoms with Gasteiger partial charge < -0.3 is 10.1 Å². The minimum absolute atomic E-state index is 0.239. The summed E-state index contributed by atoms with van der Waals surface area (Å²) in [5, 5.41) is 2.99. The lowest BCUT2D eigenvalue weighted by atomic mass is 10.2. The molecule has 0 radical (unpaired) electrons. The van der Waals surface area contributed by atoms with E-state index in [9.17, 15) is 13.2 Å². The molecule has 2 rings (SSSR count). The van der Waals surface area contributed by atoms with Crippen molar-refractivity contribution in [3.63, 3.8) is 0 Å². The first kappa shape index (κ1) is 19.1. The molecule has 6 nitrogen and oxygen atoms in total. The van der Waals surface area contributed by atoms with Crippen LogP contribution in [0, 0.1) is 0 Å². The van der Waals surface area contributed by atoms with E-state index in [2.05, 4.69) is 5.32 Å². The van der Waals surface area contributed by atoms with E-state index < -0.39 is 10.0 Å². The second-order valence-corrected chi connectivity index (χ2v) is 7.73. The second-order valence-electron chi connectivity index (χ2n) is 5.31. The van der Waals surface area contributed by atoms with Crippen molar-refractivity contribution in [1.82, 2.24) is 0 Å². The van der Waals surface area contributed by atoms with Crippen LogP contribution in [0.15, 0.2) is 42.5 Å². The van der Waals surface area contributed by atoms with Gasteiger partial charge in [-0.05, 0) is 49.4 Å². The molecule has 25 heavy (non-hydrogen) atoms. The van der Waals surface area contributed by atoms with Crippen LogP contribution in [0.25, 0.3) is 0 Å². The maximum atomic E-state index is 12.4. The van der Waals surface area contributed by atoms with Crippen molar-refractivity contribution in [2.45, 2.75) is 6.92 Å². The maximum absolute atomic E-state index is 12.4. The summed E-state index contributed by atoms with van der Waals surface area (Å²) < 4.78 is 29.8. The number of benzene rings is 2. The summed E-state index contributed by atoms with van der Waals surface area (Å²) in [4.78, 5) is 12.4. The highest BCUT2D eigenvalue weighted by Crippen LogP contribution is 2.28. The minimum atomic E-state index is -3.49.